The van der Waals surface area contributed by atoms with Crippen LogP contribution in [0.15, 0.2) is 83.6 Å². The van der Waals surface area contributed by atoms with Crippen LogP contribution in [0.25, 0.3) is 33.7 Å². The van der Waals surface area contributed by atoms with Gasteiger partial charge in [0.15, 0.2) is 11.6 Å². The molecule has 0 unspecified atom stereocenters. The van der Waals surface area contributed by atoms with Crippen LogP contribution >= 0.6 is 0 Å². The van der Waals surface area contributed by atoms with Crippen molar-refractivity contribution in [2.45, 2.75) is 6.92 Å². The number of aromatic nitrogens is 3. The van der Waals surface area contributed by atoms with Gasteiger partial charge >= 0.3 is 6.03 Å². The number of morpholine rings is 1. The van der Waals surface area contributed by atoms with Crippen LogP contribution in [-0.2, 0) is 9.53 Å². The zero-order valence-corrected chi connectivity index (χ0v) is 22.3. The molecule has 0 aliphatic carbocycles. The van der Waals surface area contributed by atoms with Gasteiger partial charge in [-0.2, -0.15) is 0 Å². The van der Waals surface area contributed by atoms with E-state index in [0.717, 1.165) is 16.9 Å². The number of amides is 3. The normalized spacial score (nSPS) is 13.1. The fourth-order valence-electron chi connectivity index (χ4n) is 4.54. The average molecular weight is 550 g/mol. The second kappa shape index (κ2) is 11.4. The molecule has 0 saturated carbocycles. The molecule has 11 heteroatoms. The number of fused-ring (bicyclic) bond motifs is 1. The SMILES string of the molecule is CC(=O)Nc1ccc(NC(=O)Nc2ccc(-c3nc(N4CCOCC4)c4ncc(-c5ccco5)cc4n3)cc2)cc1. The summed E-state index contributed by atoms with van der Waals surface area (Å²) < 4.78 is 11.1. The van der Waals surface area contributed by atoms with E-state index in [4.69, 9.17) is 24.1 Å². The zero-order chi connectivity index (χ0) is 28.2. The summed E-state index contributed by atoms with van der Waals surface area (Å²) in [6.45, 7) is 4.10. The maximum absolute atomic E-state index is 12.5. The molecule has 1 aliphatic rings. The fraction of sp³-hybridized carbons (Fsp3) is 0.167. The maximum Gasteiger partial charge on any atom is 0.323 e. The smallest absolute Gasteiger partial charge is 0.323 e. The Hall–Kier alpha value is -5.29. The van der Waals surface area contributed by atoms with Gasteiger partial charge in [0.25, 0.3) is 0 Å². The minimum Gasteiger partial charge on any atom is -0.464 e. The Morgan fingerprint density at radius 3 is 2.12 bits per heavy atom. The number of carbonyl (C=O) groups is 2. The molecule has 1 fully saturated rings. The number of urea groups is 1. The first-order valence-corrected chi connectivity index (χ1v) is 13.1. The van der Waals surface area contributed by atoms with Crippen LogP contribution in [0.3, 0.4) is 0 Å². The molecule has 1 aliphatic heterocycles. The predicted octanol–water partition coefficient (Wildman–Crippen LogP) is 5.39. The van der Waals surface area contributed by atoms with Crippen molar-refractivity contribution in [2.75, 3.05) is 47.2 Å². The first kappa shape index (κ1) is 26.0. The number of rotatable bonds is 6. The van der Waals surface area contributed by atoms with E-state index in [1.807, 2.05) is 30.3 Å². The Morgan fingerprint density at radius 1 is 0.829 bits per heavy atom. The minimum absolute atomic E-state index is 0.159. The minimum atomic E-state index is -0.391. The van der Waals surface area contributed by atoms with Crippen LogP contribution in [0.2, 0.25) is 0 Å². The van der Waals surface area contributed by atoms with Crippen molar-refractivity contribution >= 4 is 45.9 Å². The van der Waals surface area contributed by atoms with E-state index in [1.54, 1.807) is 48.9 Å². The molecule has 11 nitrogen and oxygen atoms in total. The molecule has 4 heterocycles. The van der Waals surface area contributed by atoms with E-state index >= 15 is 0 Å². The van der Waals surface area contributed by atoms with Gasteiger partial charge in [0, 0.05) is 54.4 Å². The van der Waals surface area contributed by atoms with Crippen molar-refractivity contribution in [3.05, 3.63) is 79.2 Å². The van der Waals surface area contributed by atoms with E-state index in [0.29, 0.717) is 66.0 Å². The Morgan fingerprint density at radius 2 is 1.49 bits per heavy atom. The summed E-state index contributed by atoms with van der Waals surface area (Å²) in [5.74, 6) is 1.86. The summed E-state index contributed by atoms with van der Waals surface area (Å²) in [6.07, 6.45) is 3.40. The van der Waals surface area contributed by atoms with Gasteiger partial charge in [-0.1, -0.05) is 0 Å². The average Bonchev–Trinajstić information content (AvgIpc) is 3.53. The largest absolute Gasteiger partial charge is 0.464 e. The van der Waals surface area contributed by atoms with Gasteiger partial charge < -0.3 is 30.0 Å². The molecule has 0 radical (unpaired) electrons. The molecule has 0 bridgehead atoms. The van der Waals surface area contributed by atoms with Gasteiger partial charge in [-0.3, -0.25) is 4.79 Å². The third-order valence-corrected chi connectivity index (χ3v) is 6.50. The molecule has 3 N–H and O–H groups in total. The molecule has 41 heavy (non-hydrogen) atoms. The van der Waals surface area contributed by atoms with Crippen LogP contribution in [-0.4, -0.2) is 53.2 Å². The van der Waals surface area contributed by atoms with E-state index in [1.165, 1.54) is 6.92 Å². The summed E-state index contributed by atoms with van der Waals surface area (Å²) in [5.41, 5.74) is 4.90. The first-order valence-electron chi connectivity index (χ1n) is 13.1. The summed E-state index contributed by atoms with van der Waals surface area (Å²) in [5, 5.41) is 8.30. The number of nitrogens with one attached hydrogen (secondary N) is 3. The molecule has 0 atom stereocenters. The summed E-state index contributed by atoms with van der Waals surface area (Å²) in [6, 6.07) is 19.5. The van der Waals surface area contributed by atoms with Gasteiger partial charge in [0.05, 0.1) is 25.0 Å². The predicted molar refractivity (Wildman–Crippen MR) is 157 cm³/mol. The van der Waals surface area contributed by atoms with E-state index in [9.17, 15) is 9.59 Å². The number of furan rings is 1. The lowest BCUT2D eigenvalue weighted by Gasteiger charge is -2.28. The lowest BCUT2D eigenvalue weighted by molar-refractivity contribution is -0.114. The van der Waals surface area contributed by atoms with Crippen molar-refractivity contribution in [3.63, 3.8) is 0 Å². The molecule has 5 aromatic rings. The molecular weight excluding hydrogens is 522 g/mol. The number of hydrogen-bond donors (Lipinski definition) is 3. The quantitative estimate of drug-likeness (QED) is 0.257. The molecule has 6 rings (SSSR count). The number of ether oxygens (including phenoxy) is 1. The van der Waals surface area contributed by atoms with Crippen LogP contribution < -0.4 is 20.9 Å². The highest BCUT2D eigenvalue weighted by Crippen LogP contribution is 2.30. The Kier molecular flexibility index (Phi) is 7.25. The number of carbonyl (C=O) groups excluding carboxylic acids is 2. The highest BCUT2D eigenvalue weighted by Gasteiger charge is 2.20. The Bertz CT molecular complexity index is 1680. The van der Waals surface area contributed by atoms with Crippen LogP contribution in [0.1, 0.15) is 6.92 Å². The van der Waals surface area contributed by atoms with Crippen LogP contribution in [0.4, 0.5) is 27.7 Å². The van der Waals surface area contributed by atoms with Crippen molar-refractivity contribution < 1.29 is 18.7 Å². The molecule has 3 aromatic heterocycles. The number of hydrogen-bond acceptors (Lipinski definition) is 8. The number of pyridine rings is 1. The molecular formula is C30H27N7O4. The zero-order valence-electron chi connectivity index (χ0n) is 22.3. The highest BCUT2D eigenvalue weighted by molar-refractivity contribution is 6.00. The maximum atomic E-state index is 12.5. The van der Waals surface area contributed by atoms with E-state index in [-0.39, 0.29) is 5.91 Å². The Labute approximate surface area is 235 Å². The van der Waals surface area contributed by atoms with Crippen molar-refractivity contribution in [1.82, 2.24) is 15.0 Å². The lowest BCUT2D eigenvalue weighted by Crippen LogP contribution is -2.37. The molecule has 0 spiro atoms. The van der Waals surface area contributed by atoms with Gasteiger partial charge in [0.1, 0.15) is 11.3 Å². The highest BCUT2D eigenvalue weighted by atomic mass is 16.5. The number of anilines is 4. The standard InChI is InChI=1S/C30H27N7O4/c1-19(38)32-22-8-10-24(11-9-22)34-30(39)33-23-6-4-20(5-7-23)28-35-25-17-21(26-3-2-14-41-26)18-31-27(25)29(36-28)37-12-15-40-16-13-37/h2-11,14,17-18H,12-13,15-16H2,1H3,(H,32,38)(H2,33,34,39). The van der Waals surface area contributed by atoms with E-state index < -0.39 is 6.03 Å². The molecule has 206 valence electrons. The van der Waals surface area contributed by atoms with Crippen molar-refractivity contribution in [3.8, 4) is 22.7 Å². The monoisotopic (exact) mass is 549 g/mol. The topological polar surface area (TPSA) is 135 Å². The number of benzene rings is 2. The number of nitrogens with zero attached hydrogens (tertiary/aromatic N) is 4. The molecule has 1 saturated heterocycles. The lowest BCUT2D eigenvalue weighted by atomic mass is 10.1. The molecule has 2 aromatic carbocycles. The van der Waals surface area contributed by atoms with Crippen molar-refractivity contribution in [2.24, 2.45) is 0 Å². The van der Waals surface area contributed by atoms with E-state index in [2.05, 4.69) is 20.9 Å². The van der Waals surface area contributed by atoms with Gasteiger partial charge in [-0.05, 0) is 66.7 Å². The van der Waals surface area contributed by atoms with Gasteiger partial charge in [0.2, 0.25) is 5.91 Å². The summed E-state index contributed by atoms with van der Waals surface area (Å²) >= 11 is 0. The third-order valence-electron chi connectivity index (χ3n) is 6.50. The van der Waals surface area contributed by atoms with Gasteiger partial charge in [-0.25, -0.2) is 19.7 Å². The summed E-state index contributed by atoms with van der Waals surface area (Å²) in [7, 11) is 0. The van der Waals surface area contributed by atoms with Crippen LogP contribution in [0, 0.1) is 0 Å². The van der Waals surface area contributed by atoms with Gasteiger partial charge in [-0.15, -0.1) is 0 Å². The van der Waals surface area contributed by atoms with Crippen molar-refractivity contribution in [1.29, 1.82) is 0 Å². The fourth-order valence-corrected chi connectivity index (χ4v) is 4.54. The second-order valence-electron chi connectivity index (χ2n) is 9.45. The molecule has 3 amide bonds. The first-order chi connectivity index (χ1) is 20.0. The second-order valence-corrected chi connectivity index (χ2v) is 9.45. The third kappa shape index (κ3) is 5.99. The summed E-state index contributed by atoms with van der Waals surface area (Å²) in [4.78, 5) is 40.4. The van der Waals surface area contributed by atoms with Crippen LogP contribution in [0.5, 0.6) is 0 Å². The Balaban J connectivity index is 1.23.